The van der Waals surface area contributed by atoms with E-state index in [1.165, 1.54) is 0 Å². The number of benzene rings is 1. The van der Waals surface area contributed by atoms with Crippen LogP contribution in [0.4, 0.5) is 4.79 Å². The van der Waals surface area contributed by atoms with Gasteiger partial charge in [-0.2, -0.15) is 5.26 Å². The Kier molecular flexibility index (Phi) is 5.78. The molecule has 0 bridgehead atoms. The summed E-state index contributed by atoms with van der Waals surface area (Å²) < 4.78 is 11.3. The third kappa shape index (κ3) is 5.71. The summed E-state index contributed by atoms with van der Waals surface area (Å²) in [6, 6.07) is 11.5. The number of rotatable bonds is 6. The molecule has 1 aliphatic rings. The lowest BCUT2D eigenvalue weighted by molar-refractivity contribution is 0.0509. The number of aromatic nitrogens is 1. The van der Waals surface area contributed by atoms with Gasteiger partial charge in [0.05, 0.1) is 24.4 Å². The van der Waals surface area contributed by atoms with E-state index in [0.29, 0.717) is 24.5 Å². The highest BCUT2D eigenvalue weighted by molar-refractivity contribution is 5.68. The van der Waals surface area contributed by atoms with Crippen LogP contribution in [0.15, 0.2) is 36.5 Å². The molecule has 1 saturated carbocycles. The second kappa shape index (κ2) is 8.12. The standard InChI is InChI=1S/C23H27N3O3/c1-16-20(18-7-5-17(12-24)6-8-18)11-19(13-25-16)28-15-23(9-10-23)14-26-21(27)29-22(2,3)4/h5-8,11,13H,9-10,14-15H2,1-4H3,(H,26,27). The quantitative estimate of drug-likeness (QED) is 0.774. The molecule has 1 aliphatic carbocycles. The molecule has 1 aromatic heterocycles. The Morgan fingerprint density at radius 1 is 1.28 bits per heavy atom. The van der Waals surface area contributed by atoms with Crippen LogP contribution in [-0.2, 0) is 4.74 Å². The highest BCUT2D eigenvalue weighted by atomic mass is 16.6. The number of hydrogen-bond acceptors (Lipinski definition) is 5. The van der Waals surface area contributed by atoms with Crippen LogP contribution in [0.3, 0.4) is 0 Å². The number of ether oxygens (including phenoxy) is 2. The summed E-state index contributed by atoms with van der Waals surface area (Å²) in [6.07, 6.45) is 3.33. The second-order valence-electron chi connectivity index (χ2n) is 8.64. The normalized spacial score (nSPS) is 14.6. The molecule has 1 fully saturated rings. The highest BCUT2D eigenvalue weighted by Crippen LogP contribution is 2.45. The van der Waals surface area contributed by atoms with Gasteiger partial charge in [-0.1, -0.05) is 12.1 Å². The lowest BCUT2D eigenvalue weighted by atomic mass is 10.0. The fourth-order valence-corrected chi connectivity index (χ4v) is 2.97. The summed E-state index contributed by atoms with van der Waals surface area (Å²) in [5.74, 6) is 0.693. The first-order valence-electron chi connectivity index (χ1n) is 9.77. The zero-order valence-corrected chi connectivity index (χ0v) is 17.4. The Morgan fingerprint density at radius 2 is 1.97 bits per heavy atom. The molecule has 2 aromatic rings. The van der Waals surface area contributed by atoms with Gasteiger partial charge in [-0.05, 0) is 64.3 Å². The van der Waals surface area contributed by atoms with Crippen LogP contribution in [0.5, 0.6) is 5.75 Å². The van der Waals surface area contributed by atoms with Crippen LogP contribution in [0, 0.1) is 23.7 Å². The lowest BCUT2D eigenvalue weighted by Crippen LogP contribution is -2.37. The number of carbonyl (C=O) groups is 1. The molecular weight excluding hydrogens is 366 g/mol. The summed E-state index contributed by atoms with van der Waals surface area (Å²) in [5, 5.41) is 11.8. The van der Waals surface area contributed by atoms with Crippen molar-refractivity contribution in [2.45, 2.75) is 46.1 Å². The predicted octanol–water partition coefficient (Wildman–Crippen LogP) is 4.61. The monoisotopic (exact) mass is 393 g/mol. The molecule has 0 unspecified atom stereocenters. The highest BCUT2D eigenvalue weighted by Gasteiger charge is 2.44. The van der Waals surface area contributed by atoms with E-state index in [1.54, 1.807) is 18.3 Å². The zero-order chi connectivity index (χ0) is 21.1. The molecule has 1 N–H and O–H groups in total. The van der Waals surface area contributed by atoms with Crippen molar-refractivity contribution in [3.8, 4) is 22.9 Å². The van der Waals surface area contributed by atoms with Crippen LogP contribution >= 0.6 is 0 Å². The number of hydrogen-bond donors (Lipinski definition) is 1. The predicted molar refractivity (Wildman–Crippen MR) is 111 cm³/mol. The van der Waals surface area contributed by atoms with Gasteiger partial charge in [0.2, 0.25) is 0 Å². The molecule has 29 heavy (non-hydrogen) atoms. The molecule has 0 atom stereocenters. The molecule has 3 rings (SSSR count). The second-order valence-corrected chi connectivity index (χ2v) is 8.64. The largest absolute Gasteiger partial charge is 0.491 e. The van der Waals surface area contributed by atoms with E-state index in [1.807, 2.05) is 45.9 Å². The van der Waals surface area contributed by atoms with E-state index in [2.05, 4.69) is 16.4 Å². The number of aryl methyl sites for hydroxylation is 1. The van der Waals surface area contributed by atoms with Crippen LogP contribution in [-0.4, -0.2) is 29.8 Å². The average molecular weight is 393 g/mol. The van der Waals surface area contributed by atoms with Gasteiger partial charge in [0, 0.05) is 23.2 Å². The molecular formula is C23H27N3O3. The third-order valence-electron chi connectivity index (χ3n) is 4.90. The van der Waals surface area contributed by atoms with Gasteiger partial charge in [0.15, 0.2) is 0 Å². The van der Waals surface area contributed by atoms with Gasteiger partial charge in [0.1, 0.15) is 11.4 Å². The number of alkyl carbamates (subject to hydrolysis) is 1. The number of nitriles is 1. The van der Waals surface area contributed by atoms with Crippen LogP contribution < -0.4 is 10.1 Å². The molecule has 1 aromatic carbocycles. The number of carbonyl (C=O) groups excluding carboxylic acids is 1. The third-order valence-corrected chi connectivity index (χ3v) is 4.90. The minimum absolute atomic E-state index is 0.0452. The van der Waals surface area contributed by atoms with Crippen LogP contribution in [0.2, 0.25) is 0 Å². The van der Waals surface area contributed by atoms with Crippen molar-refractivity contribution in [2.75, 3.05) is 13.2 Å². The van der Waals surface area contributed by atoms with Crippen molar-refractivity contribution in [3.63, 3.8) is 0 Å². The Bertz CT molecular complexity index is 920. The molecule has 6 heteroatoms. The Balaban J connectivity index is 1.61. The first-order chi connectivity index (χ1) is 13.7. The maximum absolute atomic E-state index is 11.9. The maximum atomic E-state index is 11.9. The van der Waals surface area contributed by atoms with Crippen molar-refractivity contribution >= 4 is 6.09 Å². The lowest BCUT2D eigenvalue weighted by Gasteiger charge is -2.22. The summed E-state index contributed by atoms with van der Waals surface area (Å²) >= 11 is 0. The van der Waals surface area contributed by atoms with Crippen molar-refractivity contribution in [3.05, 3.63) is 47.8 Å². The van der Waals surface area contributed by atoms with E-state index in [9.17, 15) is 4.79 Å². The van der Waals surface area contributed by atoms with E-state index < -0.39 is 11.7 Å². The van der Waals surface area contributed by atoms with Crippen molar-refractivity contribution in [2.24, 2.45) is 5.41 Å². The van der Waals surface area contributed by atoms with Crippen LogP contribution in [0.25, 0.3) is 11.1 Å². The number of nitrogens with zero attached hydrogens (tertiary/aromatic N) is 2. The Morgan fingerprint density at radius 3 is 2.55 bits per heavy atom. The van der Waals surface area contributed by atoms with Crippen LogP contribution in [0.1, 0.15) is 44.9 Å². The van der Waals surface area contributed by atoms with Crippen molar-refractivity contribution in [1.82, 2.24) is 10.3 Å². The first-order valence-corrected chi connectivity index (χ1v) is 9.77. The van der Waals surface area contributed by atoms with E-state index in [-0.39, 0.29) is 5.41 Å². The van der Waals surface area contributed by atoms with E-state index >= 15 is 0 Å². The van der Waals surface area contributed by atoms with Gasteiger partial charge >= 0.3 is 6.09 Å². The number of amides is 1. The van der Waals surface area contributed by atoms with Crippen molar-refractivity contribution < 1.29 is 14.3 Å². The van der Waals surface area contributed by atoms with Gasteiger partial charge in [-0.25, -0.2) is 4.79 Å². The molecule has 152 valence electrons. The summed E-state index contributed by atoms with van der Waals surface area (Å²) in [7, 11) is 0. The first kappa shape index (κ1) is 20.7. The van der Waals surface area contributed by atoms with Crippen molar-refractivity contribution in [1.29, 1.82) is 5.26 Å². The Hall–Kier alpha value is -3.07. The topological polar surface area (TPSA) is 84.2 Å². The number of pyridine rings is 1. The molecule has 1 amide bonds. The summed E-state index contributed by atoms with van der Waals surface area (Å²) in [5.41, 5.74) is 2.94. The molecule has 6 nitrogen and oxygen atoms in total. The van der Waals surface area contributed by atoms with Gasteiger partial charge < -0.3 is 14.8 Å². The van der Waals surface area contributed by atoms with Gasteiger partial charge in [-0.15, -0.1) is 0 Å². The van der Waals surface area contributed by atoms with Gasteiger partial charge in [0.25, 0.3) is 0 Å². The smallest absolute Gasteiger partial charge is 0.407 e. The molecule has 0 aliphatic heterocycles. The van der Waals surface area contributed by atoms with Gasteiger partial charge in [-0.3, -0.25) is 4.98 Å². The molecule has 0 radical (unpaired) electrons. The fourth-order valence-electron chi connectivity index (χ4n) is 2.97. The Labute approximate surface area is 171 Å². The average Bonchev–Trinajstić information content (AvgIpc) is 3.45. The summed E-state index contributed by atoms with van der Waals surface area (Å²) in [6.45, 7) is 8.53. The zero-order valence-electron chi connectivity index (χ0n) is 17.4. The maximum Gasteiger partial charge on any atom is 0.407 e. The fraction of sp³-hybridized carbons (Fsp3) is 0.435. The summed E-state index contributed by atoms with van der Waals surface area (Å²) in [4.78, 5) is 16.3. The molecule has 0 saturated heterocycles. The van der Waals surface area contributed by atoms with E-state index in [0.717, 1.165) is 29.7 Å². The SMILES string of the molecule is Cc1ncc(OCC2(CNC(=O)OC(C)(C)C)CC2)cc1-c1ccc(C#N)cc1. The molecule has 1 heterocycles. The minimum Gasteiger partial charge on any atom is -0.491 e. The number of nitrogens with one attached hydrogen (secondary N) is 1. The van der Waals surface area contributed by atoms with E-state index in [4.69, 9.17) is 14.7 Å². The minimum atomic E-state index is -0.507. The molecule has 0 spiro atoms.